The maximum absolute atomic E-state index is 12.6. The lowest BCUT2D eigenvalue weighted by Gasteiger charge is -2.51. The van der Waals surface area contributed by atoms with E-state index in [1.54, 1.807) is 18.5 Å². The summed E-state index contributed by atoms with van der Waals surface area (Å²) in [5.74, 6) is 0.0922. The number of hydrogen-bond donors (Lipinski definition) is 1. The van der Waals surface area contributed by atoms with Crippen molar-refractivity contribution in [2.24, 2.45) is 0 Å². The molecule has 2 fully saturated rings. The van der Waals surface area contributed by atoms with E-state index in [0.717, 1.165) is 38.8 Å². The van der Waals surface area contributed by atoms with Gasteiger partial charge < -0.3 is 10.2 Å². The van der Waals surface area contributed by atoms with Gasteiger partial charge in [0.2, 0.25) is 0 Å². The van der Waals surface area contributed by atoms with E-state index >= 15 is 0 Å². The molecule has 1 aromatic rings. The van der Waals surface area contributed by atoms with Crippen molar-refractivity contribution >= 4 is 5.91 Å². The molecule has 1 N–H and O–H groups in total. The Morgan fingerprint density at radius 3 is 3.16 bits per heavy atom. The van der Waals surface area contributed by atoms with Crippen molar-refractivity contribution < 1.29 is 4.79 Å². The fourth-order valence-corrected chi connectivity index (χ4v) is 3.46. The van der Waals surface area contributed by atoms with Gasteiger partial charge in [0.25, 0.3) is 5.91 Å². The molecule has 0 bridgehead atoms. The van der Waals surface area contributed by atoms with Crippen LogP contribution in [0.15, 0.2) is 18.5 Å². The number of carbonyl (C=O) groups excluding carboxylic acids is 1. The summed E-state index contributed by atoms with van der Waals surface area (Å²) in [5, 5.41) is 11.2. The highest BCUT2D eigenvalue weighted by Gasteiger charge is 2.44. The Balaban J connectivity index is 1.85. The number of hydrogen-bond acceptors (Lipinski definition) is 4. The van der Waals surface area contributed by atoms with Crippen LogP contribution in [0.1, 0.15) is 43.0 Å². The first kappa shape index (κ1) is 12.5. The molecule has 0 spiro atoms. The number of likely N-dealkylation sites (tertiary alicyclic amines) is 1. The van der Waals surface area contributed by atoms with Crippen molar-refractivity contribution in [2.75, 3.05) is 13.1 Å². The van der Waals surface area contributed by atoms with Crippen molar-refractivity contribution in [2.45, 2.75) is 44.2 Å². The average molecular weight is 260 g/mol. The molecule has 2 aliphatic rings. The number of piperidine rings is 2. The molecule has 0 saturated carbocycles. The summed E-state index contributed by atoms with van der Waals surface area (Å²) in [5.41, 5.74) is 0.719. The largest absolute Gasteiger partial charge is 0.334 e. The Morgan fingerprint density at radius 1 is 1.47 bits per heavy atom. The van der Waals surface area contributed by atoms with Crippen LogP contribution in [0.4, 0.5) is 0 Å². The van der Waals surface area contributed by atoms with Crippen LogP contribution < -0.4 is 5.32 Å². The highest BCUT2D eigenvalue weighted by molar-refractivity contribution is 5.94. The first-order valence-corrected chi connectivity index (χ1v) is 7.03. The standard InChI is InChI=1S/C14H20N4O/c1-14-6-3-9-18(12(14)4-2-7-15-14)13(19)11-5-8-16-17-10-11/h5,8,10,12,15H,2-4,6-7,9H2,1H3/t12-,14+/m1/s1. The zero-order valence-corrected chi connectivity index (χ0v) is 11.3. The molecule has 5 heteroatoms. The van der Waals surface area contributed by atoms with Crippen molar-refractivity contribution in [1.82, 2.24) is 20.4 Å². The van der Waals surface area contributed by atoms with Gasteiger partial charge in [-0.2, -0.15) is 10.2 Å². The zero-order valence-electron chi connectivity index (χ0n) is 11.3. The third-order valence-electron chi connectivity index (χ3n) is 4.48. The number of nitrogens with one attached hydrogen (secondary N) is 1. The van der Waals surface area contributed by atoms with Gasteiger partial charge in [-0.15, -0.1) is 0 Å². The molecular formula is C14H20N4O. The number of amides is 1. The zero-order chi connectivity index (χ0) is 13.3. The van der Waals surface area contributed by atoms with Gasteiger partial charge in [0.05, 0.1) is 18.0 Å². The molecule has 5 nitrogen and oxygen atoms in total. The predicted octanol–water partition coefficient (Wildman–Crippen LogP) is 1.22. The van der Waals surface area contributed by atoms with Crippen molar-refractivity contribution in [3.8, 4) is 0 Å². The quantitative estimate of drug-likeness (QED) is 0.825. The van der Waals surface area contributed by atoms with Gasteiger partial charge in [0.15, 0.2) is 0 Å². The topological polar surface area (TPSA) is 58.1 Å². The van der Waals surface area contributed by atoms with Gasteiger partial charge in [-0.3, -0.25) is 4.79 Å². The van der Waals surface area contributed by atoms with E-state index in [1.807, 2.05) is 4.90 Å². The lowest BCUT2D eigenvalue weighted by atomic mass is 9.77. The summed E-state index contributed by atoms with van der Waals surface area (Å²) in [6, 6.07) is 2.05. The lowest BCUT2D eigenvalue weighted by Crippen LogP contribution is -2.65. The van der Waals surface area contributed by atoms with Gasteiger partial charge in [-0.25, -0.2) is 0 Å². The number of carbonyl (C=O) groups is 1. The maximum atomic E-state index is 12.6. The predicted molar refractivity (Wildman–Crippen MR) is 71.7 cm³/mol. The Morgan fingerprint density at radius 2 is 2.37 bits per heavy atom. The van der Waals surface area contributed by atoms with Crippen LogP contribution in [0, 0.1) is 0 Å². The number of rotatable bonds is 1. The highest BCUT2D eigenvalue weighted by Crippen LogP contribution is 2.33. The fourth-order valence-electron chi connectivity index (χ4n) is 3.46. The SMILES string of the molecule is C[C@]12CCCN(C(=O)c3ccnnc3)[C@@H]1CCCN2. The van der Waals surface area contributed by atoms with E-state index in [2.05, 4.69) is 22.4 Å². The summed E-state index contributed by atoms with van der Waals surface area (Å²) in [7, 11) is 0. The molecular weight excluding hydrogens is 240 g/mol. The second-order valence-electron chi connectivity index (χ2n) is 5.74. The molecule has 1 amide bonds. The molecule has 2 atom stereocenters. The fraction of sp³-hybridized carbons (Fsp3) is 0.643. The summed E-state index contributed by atoms with van der Waals surface area (Å²) in [6.07, 6.45) is 7.58. The Hall–Kier alpha value is -1.49. The molecule has 2 saturated heterocycles. The molecule has 0 aromatic carbocycles. The molecule has 0 unspecified atom stereocenters. The third-order valence-corrected chi connectivity index (χ3v) is 4.48. The first-order chi connectivity index (χ1) is 9.21. The molecule has 2 aliphatic heterocycles. The Kier molecular flexibility index (Phi) is 3.22. The van der Waals surface area contributed by atoms with E-state index in [1.165, 1.54) is 0 Å². The van der Waals surface area contributed by atoms with Crippen molar-refractivity contribution in [3.63, 3.8) is 0 Å². The van der Waals surface area contributed by atoms with Gasteiger partial charge in [0, 0.05) is 18.1 Å². The van der Waals surface area contributed by atoms with Crippen molar-refractivity contribution in [1.29, 1.82) is 0 Å². The minimum Gasteiger partial charge on any atom is -0.334 e. The van der Waals surface area contributed by atoms with Gasteiger partial charge in [0.1, 0.15) is 0 Å². The van der Waals surface area contributed by atoms with Gasteiger partial charge >= 0.3 is 0 Å². The van der Waals surface area contributed by atoms with Crippen LogP contribution in [0.25, 0.3) is 0 Å². The van der Waals surface area contributed by atoms with Gasteiger partial charge in [-0.05, 0) is 45.2 Å². The molecule has 1 aromatic heterocycles. The number of nitrogens with zero attached hydrogens (tertiary/aromatic N) is 3. The van der Waals surface area contributed by atoms with E-state index < -0.39 is 0 Å². The minimum absolute atomic E-state index is 0.0760. The Labute approximate surface area is 113 Å². The van der Waals surface area contributed by atoms with Crippen LogP contribution >= 0.6 is 0 Å². The smallest absolute Gasteiger partial charge is 0.255 e. The van der Waals surface area contributed by atoms with E-state index in [4.69, 9.17) is 0 Å². The highest BCUT2D eigenvalue weighted by atomic mass is 16.2. The van der Waals surface area contributed by atoms with Crippen LogP contribution in [-0.4, -0.2) is 45.7 Å². The normalized spacial score (nSPS) is 30.8. The van der Waals surface area contributed by atoms with Crippen molar-refractivity contribution in [3.05, 3.63) is 24.0 Å². The molecule has 19 heavy (non-hydrogen) atoms. The number of fused-ring (bicyclic) bond motifs is 1. The summed E-state index contributed by atoms with van der Waals surface area (Å²) >= 11 is 0. The molecule has 3 heterocycles. The second-order valence-corrected chi connectivity index (χ2v) is 5.74. The monoisotopic (exact) mass is 260 g/mol. The van der Waals surface area contributed by atoms with Gasteiger partial charge in [-0.1, -0.05) is 0 Å². The molecule has 0 aliphatic carbocycles. The number of aromatic nitrogens is 2. The van der Waals surface area contributed by atoms with E-state index in [-0.39, 0.29) is 11.4 Å². The Bertz CT molecular complexity index is 460. The van der Waals surface area contributed by atoms with E-state index in [0.29, 0.717) is 11.6 Å². The van der Waals surface area contributed by atoms with E-state index in [9.17, 15) is 4.79 Å². The average Bonchev–Trinajstić information content (AvgIpc) is 2.46. The van der Waals surface area contributed by atoms with Crippen LogP contribution in [0.3, 0.4) is 0 Å². The summed E-state index contributed by atoms with van der Waals surface area (Å²) < 4.78 is 0. The maximum Gasteiger partial charge on any atom is 0.255 e. The summed E-state index contributed by atoms with van der Waals surface area (Å²) in [6.45, 7) is 4.16. The minimum atomic E-state index is 0.0760. The first-order valence-electron chi connectivity index (χ1n) is 7.03. The van der Waals surface area contributed by atoms with Crippen LogP contribution in [-0.2, 0) is 0 Å². The second kappa shape index (κ2) is 4.89. The molecule has 0 radical (unpaired) electrons. The van der Waals surface area contributed by atoms with Crippen LogP contribution in [0.5, 0.6) is 0 Å². The molecule has 102 valence electrons. The van der Waals surface area contributed by atoms with Crippen LogP contribution in [0.2, 0.25) is 0 Å². The molecule has 3 rings (SSSR count). The third kappa shape index (κ3) is 2.23. The summed E-state index contributed by atoms with van der Waals surface area (Å²) in [4.78, 5) is 14.7. The lowest BCUT2D eigenvalue weighted by molar-refractivity contribution is 0.0253.